The largest absolute Gasteiger partial charge is 0.493 e. The molecule has 136 valence electrons. The van der Waals surface area contributed by atoms with Crippen molar-refractivity contribution >= 4 is 29.9 Å². The number of nitrogens with one attached hydrogen (secondary N) is 1. The summed E-state index contributed by atoms with van der Waals surface area (Å²) >= 11 is 0. The van der Waals surface area contributed by atoms with Gasteiger partial charge in [-0.2, -0.15) is 0 Å². The van der Waals surface area contributed by atoms with Crippen molar-refractivity contribution in [3.63, 3.8) is 0 Å². The average molecular weight is 447 g/mol. The molecule has 1 aliphatic rings. The summed E-state index contributed by atoms with van der Waals surface area (Å²) in [4.78, 5) is 4.43. The maximum absolute atomic E-state index is 6.02. The number of ether oxygens (including phenoxy) is 2. The van der Waals surface area contributed by atoms with Crippen LogP contribution in [0.5, 0.6) is 5.75 Å². The Balaban J connectivity index is 0.00000288. The summed E-state index contributed by atoms with van der Waals surface area (Å²) in [5, 5.41) is 3.17. The molecule has 0 spiro atoms. The van der Waals surface area contributed by atoms with Crippen molar-refractivity contribution < 1.29 is 9.47 Å². The van der Waals surface area contributed by atoms with E-state index in [1.165, 1.54) is 5.56 Å². The van der Waals surface area contributed by atoms with Gasteiger partial charge in [-0.1, -0.05) is 12.1 Å². The second-order valence-corrected chi connectivity index (χ2v) is 7.23. The van der Waals surface area contributed by atoms with Gasteiger partial charge in [-0.3, -0.25) is 0 Å². The van der Waals surface area contributed by atoms with Crippen LogP contribution in [0.2, 0.25) is 0 Å². The quantitative estimate of drug-likeness (QED) is 0.413. The first-order chi connectivity index (χ1) is 10.8. The highest BCUT2D eigenvalue weighted by molar-refractivity contribution is 14.0. The van der Waals surface area contributed by atoms with Crippen molar-refractivity contribution in [1.29, 1.82) is 0 Å². The van der Waals surface area contributed by atoms with Gasteiger partial charge in [0.2, 0.25) is 0 Å². The number of hydrogen-bond donors (Lipinski definition) is 2. The molecule has 24 heavy (non-hydrogen) atoms. The molecule has 6 heteroatoms. The monoisotopic (exact) mass is 447 g/mol. The van der Waals surface area contributed by atoms with E-state index in [9.17, 15) is 0 Å². The van der Waals surface area contributed by atoms with Gasteiger partial charge in [-0.15, -0.1) is 24.0 Å². The Kier molecular flexibility index (Phi) is 8.29. The summed E-state index contributed by atoms with van der Waals surface area (Å²) in [5.41, 5.74) is 8.07. The van der Waals surface area contributed by atoms with Crippen molar-refractivity contribution in [3.05, 3.63) is 29.3 Å². The van der Waals surface area contributed by atoms with E-state index in [-0.39, 0.29) is 29.5 Å². The Bertz CT molecular complexity index is 550. The van der Waals surface area contributed by atoms with Crippen LogP contribution < -0.4 is 15.8 Å². The minimum Gasteiger partial charge on any atom is -0.493 e. The highest BCUT2D eigenvalue weighted by atomic mass is 127. The molecule has 1 aliphatic heterocycles. The van der Waals surface area contributed by atoms with Gasteiger partial charge in [-0.25, -0.2) is 4.99 Å². The highest BCUT2D eigenvalue weighted by Gasteiger charge is 2.17. The third-order valence-corrected chi connectivity index (χ3v) is 3.64. The number of guanidine groups is 1. The first kappa shape index (κ1) is 21.0. The van der Waals surface area contributed by atoms with Crippen molar-refractivity contribution in [2.75, 3.05) is 19.8 Å². The SMILES string of the molecule is Cc1ccc(CN=C(N)NC(C)(C)C)c(OCC2CCOC2)c1.I. The van der Waals surface area contributed by atoms with E-state index in [0.29, 0.717) is 25.0 Å². The van der Waals surface area contributed by atoms with Gasteiger partial charge in [0.05, 0.1) is 19.8 Å². The Morgan fingerprint density at radius 1 is 1.42 bits per heavy atom. The number of nitrogens with zero attached hydrogens (tertiary/aromatic N) is 1. The molecule has 1 fully saturated rings. The van der Waals surface area contributed by atoms with Crippen molar-refractivity contribution in [1.82, 2.24) is 5.32 Å². The Labute approximate surface area is 162 Å². The maximum atomic E-state index is 6.02. The Morgan fingerprint density at radius 3 is 2.79 bits per heavy atom. The minimum atomic E-state index is -0.0946. The predicted molar refractivity (Wildman–Crippen MR) is 109 cm³/mol. The maximum Gasteiger partial charge on any atom is 0.189 e. The lowest BCUT2D eigenvalue weighted by Gasteiger charge is -2.21. The predicted octanol–water partition coefficient (Wildman–Crippen LogP) is 3.23. The van der Waals surface area contributed by atoms with Gasteiger partial charge in [0.25, 0.3) is 0 Å². The number of benzene rings is 1. The summed E-state index contributed by atoms with van der Waals surface area (Å²) in [6.07, 6.45) is 1.07. The minimum absolute atomic E-state index is 0. The van der Waals surface area contributed by atoms with E-state index in [1.807, 2.05) is 0 Å². The van der Waals surface area contributed by atoms with Crippen LogP contribution in [0.1, 0.15) is 38.3 Å². The van der Waals surface area contributed by atoms with Gasteiger partial charge < -0.3 is 20.5 Å². The summed E-state index contributed by atoms with van der Waals surface area (Å²) in [6.45, 7) is 11.1. The van der Waals surface area contributed by atoms with E-state index in [1.54, 1.807) is 0 Å². The summed E-state index contributed by atoms with van der Waals surface area (Å²) in [7, 11) is 0. The smallest absolute Gasteiger partial charge is 0.189 e. The summed E-state index contributed by atoms with van der Waals surface area (Å²) in [5.74, 6) is 1.83. The topological polar surface area (TPSA) is 68.9 Å². The standard InChI is InChI=1S/C18H29N3O2.HI/c1-13-5-6-15(10-20-17(19)21-18(2,3)4)16(9-13)23-12-14-7-8-22-11-14;/h5-6,9,14H,7-8,10-12H2,1-4H3,(H3,19,20,21);1H. The fourth-order valence-electron chi connectivity index (χ4n) is 2.44. The average Bonchev–Trinajstić information content (AvgIpc) is 2.95. The molecular weight excluding hydrogens is 417 g/mol. The molecule has 0 amide bonds. The number of nitrogens with two attached hydrogens (primary N) is 1. The first-order valence-electron chi connectivity index (χ1n) is 8.21. The number of hydrogen-bond acceptors (Lipinski definition) is 3. The van der Waals surface area contributed by atoms with Gasteiger partial charge in [0, 0.05) is 23.6 Å². The zero-order valence-corrected chi connectivity index (χ0v) is 17.4. The molecule has 0 bridgehead atoms. The summed E-state index contributed by atoms with van der Waals surface area (Å²) < 4.78 is 11.4. The van der Waals surface area contributed by atoms with E-state index >= 15 is 0 Å². The van der Waals surface area contributed by atoms with Crippen molar-refractivity contribution in [2.45, 2.75) is 46.2 Å². The molecule has 1 aromatic rings. The van der Waals surface area contributed by atoms with Crippen LogP contribution in [0.25, 0.3) is 0 Å². The van der Waals surface area contributed by atoms with E-state index in [0.717, 1.165) is 30.9 Å². The zero-order chi connectivity index (χ0) is 16.9. The molecule has 0 aliphatic carbocycles. The van der Waals surface area contributed by atoms with Crippen LogP contribution >= 0.6 is 24.0 Å². The van der Waals surface area contributed by atoms with Gasteiger partial charge >= 0.3 is 0 Å². The molecule has 0 saturated carbocycles. The highest BCUT2D eigenvalue weighted by Crippen LogP contribution is 2.23. The molecule has 1 heterocycles. The van der Waals surface area contributed by atoms with Crippen LogP contribution in [-0.2, 0) is 11.3 Å². The fourth-order valence-corrected chi connectivity index (χ4v) is 2.44. The molecule has 1 aromatic carbocycles. The molecule has 2 rings (SSSR count). The Hall–Kier alpha value is -1.02. The molecule has 0 aromatic heterocycles. The van der Waals surface area contributed by atoms with E-state index in [2.05, 4.69) is 56.2 Å². The number of aryl methyl sites for hydroxylation is 1. The molecule has 1 saturated heterocycles. The number of halogens is 1. The Morgan fingerprint density at radius 2 is 2.17 bits per heavy atom. The van der Waals surface area contributed by atoms with Gasteiger partial charge in [-0.05, 0) is 45.7 Å². The van der Waals surface area contributed by atoms with Gasteiger partial charge in [0.15, 0.2) is 5.96 Å². The van der Waals surface area contributed by atoms with Crippen LogP contribution in [0.3, 0.4) is 0 Å². The lowest BCUT2D eigenvalue weighted by atomic mass is 10.1. The molecule has 5 nitrogen and oxygen atoms in total. The second kappa shape index (κ2) is 9.46. The fraction of sp³-hybridized carbons (Fsp3) is 0.611. The lowest BCUT2D eigenvalue weighted by Crippen LogP contribution is -2.44. The van der Waals surface area contributed by atoms with Crippen LogP contribution in [0.4, 0.5) is 0 Å². The number of aliphatic imine (C=N–C) groups is 1. The number of rotatable bonds is 5. The third kappa shape index (κ3) is 7.25. The summed E-state index contributed by atoms with van der Waals surface area (Å²) in [6, 6.07) is 6.20. The molecule has 3 N–H and O–H groups in total. The van der Waals surface area contributed by atoms with Crippen molar-refractivity contribution in [2.24, 2.45) is 16.6 Å². The van der Waals surface area contributed by atoms with E-state index in [4.69, 9.17) is 15.2 Å². The normalized spacial score (nSPS) is 18.2. The zero-order valence-electron chi connectivity index (χ0n) is 15.1. The van der Waals surface area contributed by atoms with Gasteiger partial charge in [0.1, 0.15) is 5.75 Å². The van der Waals surface area contributed by atoms with Crippen LogP contribution in [0.15, 0.2) is 23.2 Å². The molecule has 1 atom stereocenters. The third-order valence-electron chi connectivity index (χ3n) is 3.64. The van der Waals surface area contributed by atoms with Crippen molar-refractivity contribution in [3.8, 4) is 5.75 Å². The first-order valence-corrected chi connectivity index (χ1v) is 8.21. The lowest BCUT2D eigenvalue weighted by molar-refractivity contribution is 0.166. The van der Waals surface area contributed by atoms with E-state index < -0.39 is 0 Å². The molecular formula is C18H30IN3O2. The van der Waals surface area contributed by atoms with Crippen LogP contribution in [0, 0.1) is 12.8 Å². The molecule has 0 radical (unpaired) electrons. The second-order valence-electron chi connectivity index (χ2n) is 7.23. The molecule has 1 unspecified atom stereocenters. The van der Waals surface area contributed by atoms with Crippen LogP contribution in [-0.4, -0.2) is 31.3 Å².